The number of aromatic nitrogens is 3. The van der Waals surface area contributed by atoms with Crippen LogP contribution in [0.5, 0.6) is 0 Å². The van der Waals surface area contributed by atoms with Gasteiger partial charge in [0, 0.05) is 25.1 Å². The molecular weight excluding hydrogens is 252 g/mol. The Bertz CT molecular complexity index is 735. The van der Waals surface area contributed by atoms with E-state index in [0.29, 0.717) is 5.95 Å². The highest BCUT2D eigenvalue weighted by Gasteiger charge is 2.11. The fourth-order valence-corrected chi connectivity index (χ4v) is 2.48. The Morgan fingerprint density at radius 1 is 1.25 bits per heavy atom. The maximum atomic E-state index is 6.04. The van der Waals surface area contributed by atoms with Crippen molar-refractivity contribution in [3.8, 4) is 0 Å². The Balaban J connectivity index is 2.05. The van der Waals surface area contributed by atoms with Crippen molar-refractivity contribution in [1.82, 2.24) is 14.5 Å². The van der Waals surface area contributed by atoms with Crippen molar-refractivity contribution in [2.45, 2.75) is 19.9 Å². The van der Waals surface area contributed by atoms with Gasteiger partial charge in [-0.3, -0.25) is 4.98 Å². The summed E-state index contributed by atoms with van der Waals surface area (Å²) in [7, 11) is 0. The van der Waals surface area contributed by atoms with E-state index < -0.39 is 0 Å². The number of anilines is 1. The molecule has 20 heavy (non-hydrogen) atoms. The Labute approximate surface area is 117 Å². The lowest BCUT2D eigenvalue weighted by molar-refractivity contribution is 0.142. The van der Waals surface area contributed by atoms with Crippen molar-refractivity contribution in [1.29, 1.82) is 0 Å². The highest BCUT2D eigenvalue weighted by atomic mass is 16.5. The maximum absolute atomic E-state index is 6.04. The van der Waals surface area contributed by atoms with Crippen LogP contribution in [0.1, 0.15) is 13.3 Å². The van der Waals surface area contributed by atoms with Crippen molar-refractivity contribution >= 4 is 27.9 Å². The summed E-state index contributed by atoms with van der Waals surface area (Å²) in [4.78, 5) is 8.82. The Morgan fingerprint density at radius 3 is 2.95 bits per heavy atom. The van der Waals surface area contributed by atoms with Crippen molar-refractivity contribution in [3.63, 3.8) is 0 Å². The first kappa shape index (κ1) is 12.9. The fraction of sp³-hybridized carbons (Fsp3) is 0.333. The SMILES string of the molecule is CCOCCCn1c(N)nc2cnc3ccccc3c21. The van der Waals surface area contributed by atoms with Gasteiger partial charge in [0.15, 0.2) is 0 Å². The third-order valence-corrected chi connectivity index (χ3v) is 3.38. The number of para-hydroxylation sites is 1. The van der Waals surface area contributed by atoms with Crippen molar-refractivity contribution < 1.29 is 4.74 Å². The van der Waals surface area contributed by atoms with Crippen LogP contribution in [0.25, 0.3) is 21.9 Å². The molecular formula is C15H18N4O. The molecule has 0 radical (unpaired) electrons. The first-order valence-corrected chi connectivity index (χ1v) is 6.88. The molecule has 104 valence electrons. The lowest BCUT2D eigenvalue weighted by atomic mass is 10.2. The smallest absolute Gasteiger partial charge is 0.201 e. The third kappa shape index (κ3) is 2.20. The van der Waals surface area contributed by atoms with Crippen molar-refractivity contribution in [2.24, 2.45) is 0 Å². The second-order valence-electron chi connectivity index (χ2n) is 4.68. The van der Waals surface area contributed by atoms with Crippen molar-refractivity contribution in [2.75, 3.05) is 18.9 Å². The van der Waals surface area contributed by atoms with E-state index in [1.165, 1.54) is 0 Å². The maximum Gasteiger partial charge on any atom is 0.201 e. The van der Waals surface area contributed by atoms with Gasteiger partial charge in [-0.25, -0.2) is 4.98 Å². The molecule has 0 saturated heterocycles. The molecule has 0 aliphatic rings. The van der Waals surface area contributed by atoms with Gasteiger partial charge in [-0.1, -0.05) is 18.2 Å². The van der Waals surface area contributed by atoms with Crippen LogP contribution in [0.15, 0.2) is 30.5 Å². The topological polar surface area (TPSA) is 66.0 Å². The molecule has 0 atom stereocenters. The van der Waals surface area contributed by atoms with E-state index in [1.807, 2.05) is 25.1 Å². The van der Waals surface area contributed by atoms with Gasteiger partial charge in [0.25, 0.3) is 0 Å². The summed E-state index contributed by atoms with van der Waals surface area (Å²) in [6, 6.07) is 8.06. The molecule has 0 aliphatic carbocycles. The second kappa shape index (κ2) is 5.46. The largest absolute Gasteiger partial charge is 0.382 e. The van der Waals surface area contributed by atoms with Crippen LogP contribution < -0.4 is 5.73 Å². The van der Waals surface area contributed by atoms with Gasteiger partial charge < -0.3 is 15.0 Å². The van der Waals surface area contributed by atoms with Gasteiger partial charge in [0.05, 0.1) is 17.2 Å². The van der Waals surface area contributed by atoms with E-state index in [0.717, 1.165) is 48.1 Å². The molecule has 0 bridgehead atoms. The number of nitrogens with two attached hydrogens (primary N) is 1. The summed E-state index contributed by atoms with van der Waals surface area (Å²) in [5.41, 5.74) is 8.91. The van der Waals surface area contributed by atoms with E-state index in [9.17, 15) is 0 Å². The first-order chi connectivity index (χ1) is 9.81. The Kier molecular flexibility index (Phi) is 3.52. The number of ether oxygens (including phenoxy) is 1. The van der Waals surface area contributed by atoms with E-state index >= 15 is 0 Å². The molecule has 5 heteroatoms. The standard InChI is InChI=1S/C15H18N4O/c1-2-20-9-5-8-19-14-11-6-3-4-7-12(11)17-10-13(14)18-15(19)16/h3-4,6-7,10H,2,5,8-9H2,1H3,(H2,16,18). The summed E-state index contributed by atoms with van der Waals surface area (Å²) in [5.74, 6) is 0.537. The van der Waals surface area contributed by atoms with Gasteiger partial charge in [0.2, 0.25) is 5.95 Å². The number of hydrogen-bond acceptors (Lipinski definition) is 4. The van der Waals surface area contributed by atoms with E-state index in [1.54, 1.807) is 6.20 Å². The number of hydrogen-bond donors (Lipinski definition) is 1. The Hall–Kier alpha value is -2.14. The van der Waals surface area contributed by atoms with Gasteiger partial charge in [-0.2, -0.15) is 0 Å². The predicted octanol–water partition coefficient (Wildman–Crippen LogP) is 2.59. The third-order valence-electron chi connectivity index (χ3n) is 3.38. The average Bonchev–Trinajstić information content (AvgIpc) is 2.80. The summed E-state index contributed by atoms with van der Waals surface area (Å²) >= 11 is 0. The number of fused-ring (bicyclic) bond motifs is 3. The lowest BCUT2D eigenvalue weighted by Crippen LogP contribution is -2.06. The molecule has 5 nitrogen and oxygen atoms in total. The minimum Gasteiger partial charge on any atom is -0.382 e. The molecule has 0 saturated carbocycles. The van der Waals surface area contributed by atoms with Crippen LogP contribution in [0, 0.1) is 0 Å². The lowest BCUT2D eigenvalue weighted by Gasteiger charge is -2.08. The summed E-state index contributed by atoms with van der Waals surface area (Å²) in [6.45, 7) is 4.28. The van der Waals surface area contributed by atoms with Gasteiger partial charge >= 0.3 is 0 Å². The number of aryl methyl sites for hydroxylation is 1. The van der Waals surface area contributed by atoms with E-state index in [2.05, 4.69) is 20.6 Å². The van der Waals surface area contributed by atoms with Crippen LogP contribution in [0.2, 0.25) is 0 Å². The average molecular weight is 270 g/mol. The van der Waals surface area contributed by atoms with Gasteiger partial charge in [0.1, 0.15) is 5.52 Å². The number of nitrogens with zero attached hydrogens (tertiary/aromatic N) is 3. The highest BCUT2D eigenvalue weighted by Crippen LogP contribution is 2.25. The molecule has 3 rings (SSSR count). The normalized spacial score (nSPS) is 11.4. The van der Waals surface area contributed by atoms with Crippen LogP contribution >= 0.6 is 0 Å². The molecule has 0 amide bonds. The summed E-state index contributed by atoms with van der Waals surface area (Å²) < 4.78 is 7.44. The zero-order valence-electron chi connectivity index (χ0n) is 11.5. The monoisotopic (exact) mass is 270 g/mol. The minimum absolute atomic E-state index is 0.537. The van der Waals surface area contributed by atoms with E-state index in [-0.39, 0.29) is 0 Å². The van der Waals surface area contributed by atoms with Crippen LogP contribution in [0.3, 0.4) is 0 Å². The number of imidazole rings is 1. The highest BCUT2D eigenvalue weighted by molar-refractivity contribution is 6.02. The second-order valence-corrected chi connectivity index (χ2v) is 4.68. The molecule has 2 heterocycles. The summed E-state index contributed by atoms with van der Waals surface area (Å²) in [6.07, 6.45) is 2.70. The number of pyridine rings is 1. The zero-order chi connectivity index (χ0) is 13.9. The minimum atomic E-state index is 0.537. The van der Waals surface area contributed by atoms with Crippen LogP contribution in [-0.2, 0) is 11.3 Å². The van der Waals surface area contributed by atoms with Crippen LogP contribution in [-0.4, -0.2) is 27.7 Å². The van der Waals surface area contributed by atoms with Gasteiger partial charge in [-0.05, 0) is 19.4 Å². The molecule has 0 spiro atoms. The molecule has 2 aromatic heterocycles. The molecule has 0 fully saturated rings. The zero-order valence-corrected chi connectivity index (χ0v) is 11.5. The first-order valence-electron chi connectivity index (χ1n) is 6.88. The van der Waals surface area contributed by atoms with Gasteiger partial charge in [-0.15, -0.1) is 0 Å². The molecule has 1 aromatic carbocycles. The Morgan fingerprint density at radius 2 is 2.10 bits per heavy atom. The molecule has 0 aliphatic heterocycles. The number of nitrogen functional groups attached to an aromatic ring is 1. The number of rotatable bonds is 5. The van der Waals surface area contributed by atoms with Crippen molar-refractivity contribution in [3.05, 3.63) is 30.5 Å². The molecule has 3 aromatic rings. The number of benzene rings is 1. The predicted molar refractivity (Wildman–Crippen MR) is 80.6 cm³/mol. The molecule has 0 unspecified atom stereocenters. The fourth-order valence-electron chi connectivity index (χ4n) is 2.48. The quantitative estimate of drug-likeness (QED) is 0.724. The van der Waals surface area contributed by atoms with Crippen LogP contribution in [0.4, 0.5) is 5.95 Å². The summed E-state index contributed by atoms with van der Waals surface area (Å²) in [5, 5.41) is 1.09. The van der Waals surface area contributed by atoms with E-state index in [4.69, 9.17) is 10.5 Å². The molecule has 2 N–H and O–H groups in total.